The van der Waals surface area contributed by atoms with E-state index in [1.807, 2.05) is 0 Å². The Morgan fingerprint density at radius 2 is 2.04 bits per heavy atom. The van der Waals surface area contributed by atoms with Crippen molar-refractivity contribution in [3.05, 3.63) is 0 Å². The first-order chi connectivity index (χ1) is 12.1. The number of amides is 1. The molecule has 0 spiro atoms. The summed E-state index contributed by atoms with van der Waals surface area (Å²) in [7, 11) is 0. The van der Waals surface area contributed by atoms with E-state index in [-0.39, 0.29) is 43.7 Å². The molecule has 3 fully saturated rings. The van der Waals surface area contributed by atoms with E-state index in [1.54, 1.807) is 0 Å². The molecule has 0 aromatic rings. The number of hydrogen-bond acceptors (Lipinski definition) is 4. The third-order valence-corrected chi connectivity index (χ3v) is 6.22. The number of nitrogens with zero attached hydrogens (tertiary/aromatic N) is 1. The summed E-state index contributed by atoms with van der Waals surface area (Å²) < 4.78 is 33.4. The molecule has 1 amide bonds. The largest absolute Gasteiger partial charge is 0.382 e. The fourth-order valence-electron chi connectivity index (χ4n) is 4.81. The number of fused-ring (bicyclic) bond motifs is 1. The van der Waals surface area contributed by atoms with Crippen LogP contribution in [0.2, 0.25) is 0 Å². The number of alkyl halides is 2. The van der Waals surface area contributed by atoms with Crippen LogP contribution in [-0.4, -0.2) is 48.8 Å². The number of hydrogen-bond donors (Lipinski definition) is 1. The summed E-state index contributed by atoms with van der Waals surface area (Å²) in [5, 5.41) is 7.02. The van der Waals surface area contributed by atoms with Crippen molar-refractivity contribution in [2.75, 3.05) is 6.61 Å². The minimum atomic E-state index is -1.09. The standard InChI is InChI=1S/C18H26F2N2O3/c19-10-4-5-13(20)12(8-10)15-9-17(25-22-15)18(23)21-14-2-1-3-16-11(14)6-7-24-16/h10-14,16-17H,1-9H2,(H,21,23)/t10?,11?,12?,13?,14-,16?,17-/m1/s1. The van der Waals surface area contributed by atoms with Crippen LogP contribution >= 0.6 is 0 Å². The number of carbonyl (C=O) groups excluding carboxylic acids is 1. The maximum atomic E-state index is 14.1. The first-order valence-electron chi connectivity index (χ1n) is 9.54. The quantitative estimate of drug-likeness (QED) is 0.846. The molecule has 2 heterocycles. The van der Waals surface area contributed by atoms with Crippen LogP contribution in [0.1, 0.15) is 51.4 Å². The zero-order valence-electron chi connectivity index (χ0n) is 14.3. The first kappa shape index (κ1) is 17.2. The van der Waals surface area contributed by atoms with Crippen LogP contribution in [-0.2, 0) is 14.4 Å². The lowest BCUT2D eigenvalue weighted by molar-refractivity contribution is -0.132. The molecule has 0 aromatic heterocycles. The van der Waals surface area contributed by atoms with E-state index in [4.69, 9.17) is 9.57 Å². The number of halogens is 2. The summed E-state index contributed by atoms with van der Waals surface area (Å²) in [6.07, 6.45) is 2.38. The van der Waals surface area contributed by atoms with E-state index in [9.17, 15) is 13.6 Å². The summed E-state index contributed by atoms with van der Waals surface area (Å²) in [4.78, 5) is 17.8. The van der Waals surface area contributed by atoms with Gasteiger partial charge in [-0.1, -0.05) is 5.16 Å². The topological polar surface area (TPSA) is 59.9 Å². The summed E-state index contributed by atoms with van der Waals surface area (Å²) in [6.45, 7) is 0.763. The van der Waals surface area contributed by atoms with E-state index in [0.29, 0.717) is 11.6 Å². The van der Waals surface area contributed by atoms with Crippen LogP contribution in [0.25, 0.3) is 0 Å². The molecular formula is C18H26F2N2O3. The Balaban J connectivity index is 1.32. The molecule has 140 valence electrons. The fourth-order valence-corrected chi connectivity index (χ4v) is 4.81. The van der Waals surface area contributed by atoms with Crippen molar-refractivity contribution in [2.24, 2.45) is 17.0 Å². The molecule has 25 heavy (non-hydrogen) atoms. The average Bonchev–Trinajstić information content (AvgIpc) is 3.26. The minimum absolute atomic E-state index is 0.111. The molecule has 2 aliphatic carbocycles. The van der Waals surface area contributed by atoms with Crippen LogP contribution in [0.3, 0.4) is 0 Å². The van der Waals surface area contributed by atoms with Crippen molar-refractivity contribution >= 4 is 11.6 Å². The van der Waals surface area contributed by atoms with E-state index < -0.39 is 24.4 Å². The Bertz CT molecular complexity index is 544. The summed E-state index contributed by atoms with van der Waals surface area (Å²) in [6, 6.07) is 0.111. The van der Waals surface area contributed by atoms with Gasteiger partial charge in [-0.2, -0.15) is 0 Å². The SMILES string of the molecule is O=C(N[C@@H]1CCCC2OCCC21)[C@H]1CC(C2CC(F)CCC2F)=NO1. The predicted octanol–water partition coefficient (Wildman–Crippen LogP) is 2.68. The van der Waals surface area contributed by atoms with E-state index in [0.717, 1.165) is 32.3 Å². The molecule has 5 unspecified atom stereocenters. The number of carbonyl (C=O) groups is 1. The smallest absolute Gasteiger partial charge is 0.264 e. The van der Waals surface area contributed by atoms with E-state index >= 15 is 0 Å². The lowest BCUT2D eigenvalue weighted by Gasteiger charge is -2.33. The second kappa shape index (κ2) is 7.17. The molecule has 0 aromatic carbocycles. The predicted molar refractivity (Wildman–Crippen MR) is 87.7 cm³/mol. The van der Waals surface area contributed by atoms with Crippen molar-refractivity contribution in [3.8, 4) is 0 Å². The maximum Gasteiger partial charge on any atom is 0.264 e. The van der Waals surface area contributed by atoms with Gasteiger partial charge in [0.05, 0.1) is 11.8 Å². The molecule has 1 N–H and O–H groups in total. The fraction of sp³-hybridized carbons (Fsp3) is 0.889. The van der Waals surface area contributed by atoms with E-state index in [1.165, 1.54) is 0 Å². The van der Waals surface area contributed by atoms with Crippen molar-refractivity contribution in [2.45, 2.75) is 82.0 Å². The molecule has 2 aliphatic heterocycles. The van der Waals surface area contributed by atoms with Crippen LogP contribution in [0.4, 0.5) is 8.78 Å². The van der Waals surface area contributed by atoms with Crippen LogP contribution in [0, 0.1) is 11.8 Å². The molecule has 7 heteroatoms. The Kier molecular flexibility index (Phi) is 4.93. The number of rotatable bonds is 3. The van der Waals surface area contributed by atoms with Crippen LogP contribution in [0.5, 0.6) is 0 Å². The Labute approximate surface area is 146 Å². The monoisotopic (exact) mass is 356 g/mol. The van der Waals surface area contributed by atoms with Gasteiger partial charge in [-0.05, 0) is 44.9 Å². The van der Waals surface area contributed by atoms with Crippen LogP contribution < -0.4 is 5.32 Å². The summed E-state index contributed by atoms with van der Waals surface area (Å²) in [5.41, 5.74) is 0.501. The highest BCUT2D eigenvalue weighted by Gasteiger charge is 2.42. The van der Waals surface area contributed by atoms with Crippen LogP contribution in [0.15, 0.2) is 5.16 Å². The van der Waals surface area contributed by atoms with Crippen molar-refractivity contribution < 1.29 is 23.1 Å². The Hall–Kier alpha value is -1.24. The lowest BCUT2D eigenvalue weighted by Crippen LogP contribution is -2.49. The molecule has 5 nitrogen and oxygen atoms in total. The zero-order valence-corrected chi connectivity index (χ0v) is 14.3. The number of nitrogens with one attached hydrogen (secondary N) is 1. The van der Waals surface area contributed by atoms with Gasteiger partial charge in [0.15, 0.2) is 0 Å². The van der Waals surface area contributed by atoms with Gasteiger partial charge in [-0.15, -0.1) is 0 Å². The van der Waals surface area contributed by atoms with Gasteiger partial charge in [0, 0.05) is 30.9 Å². The second-order valence-corrected chi connectivity index (χ2v) is 7.82. The Morgan fingerprint density at radius 1 is 1.16 bits per heavy atom. The van der Waals surface area contributed by atoms with Gasteiger partial charge in [0.1, 0.15) is 12.3 Å². The third-order valence-electron chi connectivity index (χ3n) is 6.22. The van der Waals surface area contributed by atoms with Gasteiger partial charge in [-0.3, -0.25) is 4.79 Å². The average molecular weight is 356 g/mol. The molecule has 4 aliphatic rings. The Morgan fingerprint density at radius 3 is 2.92 bits per heavy atom. The highest BCUT2D eigenvalue weighted by atomic mass is 19.1. The highest BCUT2D eigenvalue weighted by molar-refractivity contribution is 5.94. The van der Waals surface area contributed by atoms with Crippen molar-refractivity contribution in [1.29, 1.82) is 0 Å². The van der Waals surface area contributed by atoms with Gasteiger partial charge in [-0.25, -0.2) is 8.78 Å². The number of oxime groups is 1. The first-order valence-corrected chi connectivity index (χ1v) is 9.54. The van der Waals surface area contributed by atoms with Gasteiger partial charge >= 0.3 is 0 Å². The molecular weight excluding hydrogens is 330 g/mol. The molecule has 7 atom stereocenters. The molecule has 4 rings (SSSR count). The zero-order chi connectivity index (χ0) is 17.4. The van der Waals surface area contributed by atoms with Crippen molar-refractivity contribution in [1.82, 2.24) is 5.32 Å². The lowest BCUT2D eigenvalue weighted by atomic mass is 9.81. The molecule has 0 radical (unpaired) electrons. The molecule has 1 saturated heterocycles. The van der Waals surface area contributed by atoms with Crippen molar-refractivity contribution in [3.63, 3.8) is 0 Å². The normalized spacial score (nSPS) is 43.9. The number of ether oxygens (including phenoxy) is 1. The molecule has 2 saturated carbocycles. The minimum Gasteiger partial charge on any atom is -0.382 e. The van der Waals surface area contributed by atoms with Gasteiger partial charge in [0.2, 0.25) is 6.10 Å². The summed E-state index contributed by atoms with van der Waals surface area (Å²) in [5.74, 6) is -0.372. The molecule has 0 bridgehead atoms. The summed E-state index contributed by atoms with van der Waals surface area (Å²) >= 11 is 0. The van der Waals surface area contributed by atoms with Gasteiger partial charge < -0.3 is 14.9 Å². The second-order valence-electron chi connectivity index (χ2n) is 7.82. The maximum absolute atomic E-state index is 14.1. The van der Waals surface area contributed by atoms with Gasteiger partial charge in [0.25, 0.3) is 5.91 Å². The highest BCUT2D eigenvalue weighted by Crippen LogP contribution is 2.35. The third kappa shape index (κ3) is 3.52. The van der Waals surface area contributed by atoms with E-state index in [2.05, 4.69) is 10.5 Å².